The molecule has 0 aromatic heterocycles. The Morgan fingerprint density at radius 3 is 2.72 bits per heavy atom. The molecule has 4 atom stereocenters. The molecular weight excluding hydrogens is 402 g/mol. The van der Waals surface area contributed by atoms with Crippen LogP contribution >= 0.6 is 0 Å². The standard InChI is InChI=1S/C27H37NO4/c29-22(15-14-20-8-4-3-5-9-20)16-17-24-23(25(30)18-26(24)31)10-6-1-2-7-11-27(32)28-19-21-12-13-21/h1,3-6,8-9,16-17,21-24,26,29,31H,2,7,10-15,18-19H2,(H,28,32)/t22-,23+,24+,26+/m0/s1. The number of aliphatic hydroxyl groups is 2. The Hall–Kier alpha value is -2.24. The molecule has 32 heavy (non-hydrogen) atoms. The monoisotopic (exact) mass is 439 g/mol. The van der Waals surface area contributed by atoms with Crippen LogP contribution in [0.25, 0.3) is 0 Å². The highest BCUT2D eigenvalue weighted by atomic mass is 16.3. The number of hydrogen-bond acceptors (Lipinski definition) is 4. The maximum atomic E-state index is 12.3. The summed E-state index contributed by atoms with van der Waals surface area (Å²) in [6, 6.07) is 10.0. The molecule has 5 nitrogen and oxygen atoms in total. The Balaban J connectivity index is 1.37. The maximum absolute atomic E-state index is 12.3. The van der Waals surface area contributed by atoms with Crippen molar-refractivity contribution < 1.29 is 19.8 Å². The Bertz CT molecular complexity index is 784. The SMILES string of the molecule is O=C(CCCC=CC[C@H]1C(=O)C[C@@H](O)[C@@H]1C=C[C@@H](O)CCc1ccccc1)NCC1CC1. The van der Waals surface area contributed by atoms with E-state index in [9.17, 15) is 19.8 Å². The summed E-state index contributed by atoms with van der Waals surface area (Å²) in [5.41, 5.74) is 1.18. The van der Waals surface area contributed by atoms with E-state index in [1.54, 1.807) is 6.08 Å². The van der Waals surface area contributed by atoms with Crippen molar-refractivity contribution in [3.63, 3.8) is 0 Å². The fourth-order valence-corrected chi connectivity index (χ4v) is 4.25. The van der Waals surface area contributed by atoms with E-state index in [2.05, 4.69) is 5.32 Å². The number of aryl methyl sites for hydroxylation is 1. The molecule has 1 aromatic carbocycles. The van der Waals surface area contributed by atoms with Crippen molar-refractivity contribution in [2.24, 2.45) is 17.8 Å². The molecule has 1 aromatic rings. The minimum absolute atomic E-state index is 0.0787. The van der Waals surface area contributed by atoms with Gasteiger partial charge in [0.05, 0.1) is 12.2 Å². The van der Waals surface area contributed by atoms with Gasteiger partial charge in [0.15, 0.2) is 0 Å². The molecule has 0 aliphatic heterocycles. The van der Waals surface area contributed by atoms with Crippen molar-refractivity contribution in [1.82, 2.24) is 5.32 Å². The number of allylic oxidation sites excluding steroid dienone is 2. The number of Topliss-reactive ketones (excluding diaryl/α,β-unsaturated/α-hetero) is 1. The number of carbonyl (C=O) groups is 2. The van der Waals surface area contributed by atoms with E-state index in [1.807, 2.05) is 48.6 Å². The van der Waals surface area contributed by atoms with Gasteiger partial charge in [-0.2, -0.15) is 0 Å². The van der Waals surface area contributed by atoms with Crippen molar-refractivity contribution in [3.05, 3.63) is 60.2 Å². The Morgan fingerprint density at radius 1 is 1.19 bits per heavy atom. The molecule has 174 valence electrons. The summed E-state index contributed by atoms with van der Waals surface area (Å²) in [5, 5.41) is 23.6. The number of unbranched alkanes of at least 4 members (excludes halogenated alkanes) is 1. The normalized spacial score (nSPS) is 24.4. The summed E-state index contributed by atoms with van der Waals surface area (Å²) in [4.78, 5) is 24.1. The fourth-order valence-electron chi connectivity index (χ4n) is 4.25. The summed E-state index contributed by atoms with van der Waals surface area (Å²) in [6.07, 6.45) is 13.0. The van der Waals surface area contributed by atoms with Gasteiger partial charge in [-0.1, -0.05) is 54.6 Å². The Morgan fingerprint density at radius 2 is 1.97 bits per heavy atom. The predicted octanol–water partition coefficient (Wildman–Crippen LogP) is 3.75. The lowest BCUT2D eigenvalue weighted by Gasteiger charge is -2.16. The largest absolute Gasteiger partial charge is 0.392 e. The average molecular weight is 440 g/mol. The molecule has 5 heteroatoms. The van der Waals surface area contributed by atoms with E-state index in [1.165, 1.54) is 18.4 Å². The second-order valence-electron chi connectivity index (χ2n) is 9.24. The molecule has 0 spiro atoms. The average Bonchev–Trinajstić information content (AvgIpc) is 3.58. The Kier molecular flexibility index (Phi) is 9.69. The zero-order chi connectivity index (χ0) is 22.8. The van der Waals surface area contributed by atoms with Crippen LogP contribution in [0.1, 0.15) is 56.9 Å². The molecule has 0 radical (unpaired) electrons. The van der Waals surface area contributed by atoms with Crippen LogP contribution in [0, 0.1) is 17.8 Å². The van der Waals surface area contributed by atoms with Crippen molar-refractivity contribution >= 4 is 11.7 Å². The lowest BCUT2D eigenvalue weighted by Crippen LogP contribution is -2.24. The smallest absolute Gasteiger partial charge is 0.220 e. The summed E-state index contributed by atoms with van der Waals surface area (Å²) >= 11 is 0. The lowest BCUT2D eigenvalue weighted by molar-refractivity contribution is -0.121. The fraction of sp³-hybridized carbons (Fsp3) is 0.556. The number of nitrogens with one attached hydrogen (secondary N) is 1. The first-order valence-electron chi connectivity index (χ1n) is 12.1. The van der Waals surface area contributed by atoms with Gasteiger partial charge < -0.3 is 15.5 Å². The van der Waals surface area contributed by atoms with Crippen LogP contribution in [0.5, 0.6) is 0 Å². The van der Waals surface area contributed by atoms with Crippen molar-refractivity contribution in [1.29, 1.82) is 0 Å². The third-order valence-electron chi connectivity index (χ3n) is 6.48. The van der Waals surface area contributed by atoms with Crippen LogP contribution in [-0.2, 0) is 16.0 Å². The second kappa shape index (κ2) is 12.7. The van der Waals surface area contributed by atoms with Crippen LogP contribution < -0.4 is 5.32 Å². The van der Waals surface area contributed by atoms with E-state index in [4.69, 9.17) is 0 Å². The molecule has 1 amide bonds. The van der Waals surface area contributed by atoms with Crippen LogP contribution in [0.3, 0.4) is 0 Å². The number of benzene rings is 1. The first-order chi connectivity index (χ1) is 15.5. The van der Waals surface area contributed by atoms with E-state index < -0.39 is 12.2 Å². The first kappa shape index (κ1) is 24.4. The Labute approximate surface area is 191 Å². The summed E-state index contributed by atoms with van der Waals surface area (Å²) < 4.78 is 0. The maximum Gasteiger partial charge on any atom is 0.220 e. The number of ketones is 1. The van der Waals surface area contributed by atoms with Crippen LogP contribution in [0.15, 0.2) is 54.6 Å². The molecule has 2 saturated carbocycles. The lowest BCUT2D eigenvalue weighted by atomic mass is 9.90. The molecule has 0 heterocycles. The third-order valence-corrected chi connectivity index (χ3v) is 6.48. The van der Waals surface area contributed by atoms with Gasteiger partial charge in [-0.3, -0.25) is 9.59 Å². The minimum Gasteiger partial charge on any atom is -0.392 e. The van der Waals surface area contributed by atoms with Crippen molar-refractivity contribution in [2.75, 3.05) is 6.54 Å². The van der Waals surface area contributed by atoms with Crippen LogP contribution in [0.2, 0.25) is 0 Å². The van der Waals surface area contributed by atoms with Crippen molar-refractivity contribution in [3.8, 4) is 0 Å². The van der Waals surface area contributed by atoms with Gasteiger partial charge in [-0.05, 0) is 56.4 Å². The van der Waals surface area contributed by atoms with E-state index in [0.717, 1.165) is 25.8 Å². The van der Waals surface area contributed by atoms with Gasteiger partial charge in [-0.25, -0.2) is 0 Å². The summed E-state index contributed by atoms with van der Waals surface area (Å²) in [6.45, 7) is 0.816. The zero-order valence-electron chi connectivity index (χ0n) is 18.9. The molecule has 0 unspecified atom stereocenters. The number of hydrogen-bond donors (Lipinski definition) is 3. The van der Waals surface area contributed by atoms with Crippen LogP contribution in [-0.4, -0.2) is 40.7 Å². The van der Waals surface area contributed by atoms with Gasteiger partial charge in [0.25, 0.3) is 0 Å². The number of amides is 1. The predicted molar refractivity (Wildman–Crippen MR) is 126 cm³/mol. The van der Waals surface area contributed by atoms with Gasteiger partial charge in [0, 0.05) is 31.2 Å². The third kappa shape index (κ3) is 8.36. The van der Waals surface area contributed by atoms with Gasteiger partial charge >= 0.3 is 0 Å². The highest BCUT2D eigenvalue weighted by molar-refractivity contribution is 5.84. The molecular formula is C27H37NO4. The van der Waals surface area contributed by atoms with Gasteiger partial charge in [-0.15, -0.1) is 0 Å². The van der Waals surface area contributed by atoms with Crippen molar-refractivity contribution in [2.45, 2.75) is 70.0 Å². The number of carbonyl (C=O) groups excluding carboxylic acids is 2. The minimum atomic E-state index is -0.686. The quantitative estimate of drug-likeness (QED) is 0.323. The molecule has 2 aliphatic rings. The van der Waals surface area contributed by atoms with E-state index in [-0.39, 0.29) is 29.9 Å². The summed E-state index contributed by atoms with van der Waals surface area (Å²) in [5.74, 6) is 0.392. The molecule has 2 fully saturated rings. The topological polar surface area (TPSA) is 86.6 Å². The van der Waals surface area contributed by atoms with Crippen LogP contribution in [0.4, 0.5) is 0 Å². The molecule has 0 bridgehead atoms. The zero-order valence-corrected chi connectivity index (χ0v) is 18.9. The second-order valence-corrected chi connectivity index (χ2v) is 9.24. The molecule has 0 saturated heterocycles. The van der Waals surface area contributed by atoms with Gasteiger partial charge in [0.2, 0.25) is 5.91 Å². The molecule has 3 rings (SSSR count). The highest BCUT2D eigenvalue weighted by Crippen LogP contribution is 2.33. The van der Waals surface area contributed by atoms with Gasteiger partial charge in [0.1, 0.15) is 5.78 Å². The molecule has 2 aliphatic carbocycles. The summed E-state index contributed by atoms with van der Waals surface area (Å²) in [7, 11) is 0. The highest BCUT2D eigenvalue weighted by Gasteiger charge is 2.39. The van der Waals surface area contributed by atoms with E-state index >= 15 is 0 Å². The number of aliphatic hydroxyl groups excluding tert-OH is 2. The first-order valence-corrected chi connectivity index (χ1v) is 12.1. The number of rotatable bonds is 13. The van der Waals surface area contributed by atoms with E-state index in [0.29, 0.717) is 25.2 Å². The molecule has 3 N–H and O–H groups in total.